The molecule has 0 radical (unpaired) electrons. The summed E-state index contributed by atoms with van der Waals surface area (Å²) < 4.78 is 37.9. The fraction of sp³-hybridized carbons (Fsp3) is 0.375. The predicted molar refractivity (Wildman–Crippen MR) is 87.0 cm³/mol. The monoisotopic (exact) mass is 339 g/mol. The van der Waals surface area contributed by atoms with E-state index in [0.29, 0.717) is 28.6 Å². The molecule has 2 N–H and O–H groups in total. The molecule has 3 unspecified atom stereocenters. The van der Waals surface area contributed by atoms with Gasteiger partial charge in [0.1, 0.15) is 0 Å². The fourth-order valence-electron chi connectivity index (χ4n) is 3.11. The molecule has 2 bridgehead atoms. The summed E-state index contributed by atoms with van der Waals surface area (Å²) in [6.45, 7) is 0. The molecular formula is C16H16F3N3S. The maximum absolute atomic E-state index is 12.6. The van der Waals surface area contributed by atoms with Crippen LogP contribution in [0.3, 0.4) is 0 Å². The van der Waals surface area contributed by atoms with Crippen LogP contribution in [0.1, 0.15) is 24.0 Å². The van der Waals surface area contributed by atoms with Gasteiger partial charge in [-0.3, -0.25) is 5.43 Å². The van der Waals surface area contributed by atoms with E-state index >= 15 is 0 Å². The third-order valence-corrected chi connectivity index (χ3v) is 4.40. The van der Waals surface area contributed by atoms with Crippen molar-refractivity contribution in [2.75, 3.05) is 0 Å². The minimum Gasteiger partial charge on any atom is -0.358 e. The first-order chi connectivity index (χ1) is 10.9. The lowest BCUT2D eigenvalue weighted by atomic mass is 10.0. The highest BCUT2D eigenvalue weighted by atomic mass is 32.1. The van der Waals surface area contributed by atoms with Crippen molar-refractivity contribution in [2.45, 2.75) is 25.1 Å². The first-order valence-electron chi connectivity index (χ1n) is 7.37. The van der Waals surface area contributed by atoms with Gasteiger partial charge in [-0.1, -0.05) is 24.3 Å². The number of nitrogens with one attached hydrogen (secondary N) is 2. The van der Waals surface area contributed by atoms with E-state index in [-0.39, 0.29) is 0 Å². The van der Waals surface area contributed by atoms with Crippen LogP contribution < -0.4 is 10.7 Å². The third-order valence-electron chi connectivity index (χ3n) is 4.19. The molecule has 3 rings (SSSR count). The third kappa shape index (κ3) is 3.90. The molecule has 7 heteroatoms. The number of allylic oxidation sites excluding steroid dienone is 1. The first-order valence-corrected chi connectivity index (χ1v) is 7.78. The molecule has 1 aromatic carbocycles. The second-order valence-corrected chi connectivity index (χ2v) is 6.26. The summed E-state index contributed by atoms with van der Waals surface area (Å²) >= 11 is 5.17. The molecule has 1 saturated carbocycles. The zero-order valence-electron chi connectivity index (χ0n) is 12.2. The Morgan fingerprint density at radius 3 is 2.74 bits per heavy atom. The number of rotatable bonds is 3. The van der Waals surface area contributed by atoms with Crippen LogP contribution >= 0.6 is 12.2 Å². The molecule has 23 heavy (non-hydrogen) atoms. The lowest BCUT2D eigenvalue weighted by Crippen LogP contribution is -2.42. The van der Waals surface area contributed by atoms with Crippen molar-refractivity contribution < 1.29 is 13.2 Å². The molecule has 0 spiro atoms. The van der Waals surface area contributed by atoms with Gasteiger partial charge in [-0.25, -0.2) is 0 Å². The van der Waals surface area contributed by atoms with E-state index in [0.717, 1.165) is 25.0 Å². The predicted octanol–water partition coefficient (Wildman–Crippen LogP) is 3.47. The summed E-state index contributed by atoms with van der Waals surface area (Å²) in [5.41, 5.74) is 2.32. The SMILES string of the molecule is FC(F)(F)c1cccc(C=NNC(=S)NC2CC3C=CC2C3)c1. The quantitative estimate of drug-likeness (QED) is 0.383. The van der Waals surface area contributed by atoms with Gasteiger partial charge in [0.15, 0.2) is 5.11 Å². The number of fused-ring (bicyclic) bond motifs is 2. The Bertz CT molecular complexity index is 654. The Balaban J connectivity index is 1.52. The average molecular weight is 339 g/mol. The number of hydrogen-bond donors (Lipinski definition) is 2. The molecule has 0 aromatic heterocycles. The lowest BCUT2D eigenvalue weighted by Gasteiger charge is -2.20. The summed E-state index contributed by atoms with van der Waals surface area (Å²) in [5, 5.41) is 7.50. The number of thiocarbonyl (C=S) groups is 1. The first kappa shape index (κ1) is 16.0. The van der Waals surface area contributed by atoms with Crippen LogP contribution in [0, 0.1) is 11.8 Å². The van der Waals surface area contributed by atoms with E-state index in [9.17, 15) is 13.2 Å². The van der Waals surface area contributed by atoms with Crippen LogP contribution in [0.2, 0.25) is 0 Å². The molecule has 2 aliphatic rings. The highest BCUT2D eigenvalue weighted by molar-refractivity contribution is 7.80. The minimum absolute atomic E-state index is 0.314. The average Bonchev–Trinajstić information content (AvgIpc) is 3.09. The van der Waals surface area contributed by atoms with Crippen molar-refractivity contribution in [2.24, 2.45) is 16.9 Å². The molecule has 0 saturated heterocycles. The number of alkyl halides is 3. The molecule has 1 fully saturated rings. The van der Waals surface area contributed by atoms with Crippen molar-refractivity contribution >= 4 is 23.5 Å². The number of halogens is 3. The summed E-state index contributed by atoms with van der Waals surface area (Å²) in [6.07, 6.45) is 3.63. The Morgan fingerprint density at radius 1 is 1.26 bits per heavy atom. The molecule has 0 aliphatic heterocycles. The van der Waals surface area contributed by atoms with Gasteiger partial charge in [0.2, 0.25) is 0 Å². The molecule has 0 amide bonds. The summed E-state index contributed by atoms with van der Waals surface area (Å²) in [4.78, 5) is 0. The van der Waals surface area contributed by atoms with Gasteiger partial charge in [0, 0.05) is 6.04 Å². The van der Waals surface area contributed by atoms with E-state index in [1.165, 1.54) is 12.3 Å². The topological polar surface area (TPSA) is 36.4 Å². The maximum Gasteiger partial charge on any atom is 0.416 e. The van der Waals surface area contributed by atoms with Gasteiger partial charge in [-0.2, -0.15) is 18.3 Å². The Labute approximate surface area is 137 Å². The van der Waals surface area contributed by atoms with Crippen molar-refractivity contribution in [3.63, 3.8) is 0 Å². The Kier molecular flexibility index (Phi) is 4.39. The second kappa shape index (κ2) is 6.31. The zero-order valence-corrected chi connectivity index (χ0v) is 13.0. The Morgan fingerprint density at radius 2 is 2.09 bits per heavy atom. The van der Waals surface area contributed by atoms with Gasteiger partial charge >= 0.3 is 6.18 Å². The highest BCUT2D eigenvalue weighted by Gasteiger charge is 2.35. The van der Waals surface area contributed by atoms with Crippen LogP contribution in [-0.2, 0) is 6.18 Å². The van der Waals surface area contributed by atoms with E-state index in [2.05, 4.69) is 28.0 Å². The van der Waals surface area contributed by atoms with Crippen LogP contribution in [-0.4, -0.2) is 17.4 Å². The van der Waals surface area contributed by atoms with Crippen LogP contribution in [0.4, 0.5) is 13.2 Å². The van der Waals surface area contributed by atoms with E-state index in [1.54, 1.807) is 6.07 Å². The molecule has 3 atom stereocenters. The largest absolute Gasteiger partial charge is 0.416 e. The summed E-state index contributed by atoms with van der Waals surface area (Å²) in [6, 6.07) is 5.29. The van der Waals surface area contributed by atoms with E-state index in [1.807, 2.05) is 0 Å². The smallest absolute Gasteiger partial charge is 0.358 e. The van der Waals surface area contributed by atoms with Crippen LogP contribution in [0.5, 0.6) is 0 Å². The Hall–Kier alpha value is -1.89. The number of benzene rings is 1. The van der Waals surface area contributed by atoms with Gasteiger partial charge in [0.05, 0.1) is 11.8 Å². The van der Waals surface area contributed by atoms with Gasteiger partial charge in [-0.15, -0.1) is 0 Å². The van der Waals surface area contributed by atoms with E-state index < -0.39 is 11.7 Å². The number of hydrazone groups is 1. The lowest BCUT2D eigenvalue weighted by molar-refractivity contribution is -0.137. The van der Waals surface area contributed by atoms with Crippen molar-refractivity contribution in [1.29, 1.82) is 0 Å². The van der Waals surface area contributed by atoms with Gasteiger partial charge in [0.25, 0.3) is 0 Å². The number of hydrogen-bond acceptors (Lipinski definition) is 2. The molecule has 2 aliphatic carbocycles. The normalized spacial score (nSPS) is 26.0. The zero-order chi connectivity index (χ0) is 16.4. The summed E-state index contributed by atoms with van der Waals surface area (Å²) in [5.74, 6) is 1.14. The fourth-order valence-corrected chi connectivity index (χ4v) is 3.31. The van der Waals surface area contributed by atoms with E-state index in [4.69, 9.17) is 12.2 Å². The van der Waals surface area contributed by atoms with Crippen molar-refractivity contribution in [1.82, 2.24) is 10.7 Å². The maximum atomic E-state index is 12.6. The van der Waals surface area contributed by atoms with Crippen LogP contribution in [0.15, 0.2) is 41.5 Å². The molecule has 122 valence electrons. The molecular weight excluding hydrogens is 323 g/mol. The van der Waals surface area contributed by atoms with Crippen molar-refractivity contribution in [3.8, 4) is 0 Å². The standard InChI is InChI=1S/C16H16F3N3S/c17-16(18,19)13-3-1-2-11(7-13)9-20-22-15(23)21-14-8-10-4-5-12(14)6-10/h1-5,7,9-10,12,14H,6,8H2,(H2,21,22,23). The molecule has 3 nitrogen and oxygen atoms in total. The highest BCUT2D eigenvalue weighted by Crippen LogP contribution is 2.38. The molecule has 1 aromatic rings. The minimum atomic E-state index is -4.36. The van der Waals surface area contributed by atoms with Gasteiger partial charge in [-0.05, 0) is 54.6 Å². The summed E-state index contributed by atoms with van der Waals surface area (Å²) in [7, 11) is 0. The second-order valence-electron chi connectivity index (χ2n) is 5.85. The van der Waals surface area contributed by atoms with Crippen LogP contribution in [0.25, 0.3) is 0 Å². The van der Waals surface area contributed by atoms with Crippen molar-refractivity contribution in [3.05, 3.63) is 47.5 Å². The number of nitrogens with zero attached hydrogens (tertiary/aromatic N) is 1. The van der Waals surface area contributed by atoms with Gasteiger partial charge < -0.3 is 5.32 Å². The molecule has 0 heterocycles.